The highest BCUT2D eigenvalue weighted by atomic mass is 16.4. The molecule has 0 amide bonds. The van der Waals surface area contributed by atoms with E-state index in [-0.39, 0.29) is 18.0 Å². The number of benzene rings is 1. The van der Waals surface area contributed by atoms with Gasteiger partial charge in [-0.2, -0.15) is 0 Å². The molecule has 4 N–H and O–H groups in total. The molecule has 0 unspecified atom stereocenters. The molecule has 0 heterocycles. The monoisotopic (exact) mass is 183 g/mol. The largest absolute Gasteiger partial charge is 0.507 e. The van der Waals surface area contributed by atoms with Crippen molar-refractivity contribution in [2.45, 2.75) is 0 Å². The number of nitrogens with one attached hydrogen (secondary N) is 1. The fraction of sp³-hybridized carbons (Fsp3) is 0.125. The first-order chi connectivity index (χ1) is 6.15. The molecule has 0 aromatic heterocycles. The standard InChI is InChI=1S/C8H9NO4/c10-4-9-5-1-2-6(8(12)13)7(11)3-5/h1-3,9-11H,4H2,(H,12,13). The molecule has 1 aromatic rings. The Bertz CT molecular complexity index is 324. The first kappa shape index (κ1) is 9.34. The average Bonchev–Trinajstić information content (AvgIpc) is 2.04. The van der Waals surface area contributed by atoms with E-state index in [1.54, 1.807) is 0 Å². The number of anilines is 1. The van der Waals surface area contributed by atoms with E-state index in [0.29, 0.717) is 5.69 Å². The number of phenols is 1. The van der Waals surface area contributed by atoms with Crippen LogP contribution < -0.4 is 5.32 Å². The Balaban J connectivity index is 2.98. The first-order valence-corrected chi connectivity index (χ1v) is 3.56. The van der Waals surface area contributed by atoms with Crippen molar-refractivity contribution in [3.8, 4) is 5.75 Å². The third-order valence-corrected chi connectivity index (χ3v) is 1.51. The van der Waals surface area contributed by atoms with Crippen LogP contribution in [0.25, 0.3) is 0 Å². The summed E-state index contributed by atoms with van der Waals surface area (Å²) in [6, 6.07) is 3.95. The number of hydrogen-bond acceptors (Lipinski definition) is 4. The lowest BCUT2D eigenvalue weighted by Gasteiger charge is -2.04. The Morgan fingerprint density at radius 1 is 1.46 bits per heavy atom. The van der Waals surface area contributed by atoms with E-state index >= 15 is 0 Å². The molecule has 0 aliphatic rings. The summed E-state index contributed by atoms with van der Waals surface area (Å²) >= 11 is 0. The molecular weight excluding hydrogens is 174 g/mol. The Morgan fingerprint density at radius 3 is 2.62 bits per heavy atom. The zero-order valence-electron chi connectivity index (χ0n) is 6.69. The minimum absolute atomic E-state index is 0.163. The third-order valence-electron chi connectivity index (χ3n) is 1.51. The first-order valence-electron chi connectivity index (χ1n) is 3.56. The summed E-state index contributed by atoms with van der Waals surface area (Å²) in [5.74, 6) is -1.51. The van der Waals surface area contributed by atoms with Gasteiger partial charge in [-0.1, -0.05) is 0 Å². The highest BCUT2D eigenvalue weighted by Gasteiger charge is 2.08. The molecule has 0 saturated heterocycles. The molecule has 70 valence electrons. The Hall–Kier alpha value is -1.75. The van der Waals surface area contributed by atoms with Gasteiger partial charge in [0.05, 0.1) is 0 Å². The fourth-order valence-corrected chi connectivity index (χ4v) is 0.914. The van der Waals surface area contributed by atoms with E-state index < -0.39 is 5.97 Å². The zero-order chi connectivity index (χ0) is 9.84. The van der Waals surface area contributed by atoms with Gasteiger partial charge in [0.25, 0.3) is 0 Å². The number of carboxylic acids is 1. The molecule has 5 heteroatoms. The maximum Gasteiger partial charge on any atom is 0.339 e. The van der Waals surface area contributed by atoms with Gasteiger partial charge in [-0.25, -0.2) is 4.79 Å². The maximum absolute atomic E-state index is 10.5. The Kier molecular flexibility index (Phi) is 2.71. The molecule has 0 atom stereocenters. The van der Waals surface area contributed by atoms with Gasteiger partial charge in [0.2, 0.25) is 0 Å². The van der Waals surface area contributed by atoms with Crippen LogP contribution in [0.5, 0.6) is 5.75 Å². The van der Waals surface area contributed by atoms with Gasteiger partial charge in [-0.3, -0.25) is 0 Å². The van der Waals surface area contributed by atoms with E-state index in [4.69, 9.17) is 10.2 Å². The van der Waals surface area contributed by atoms with Gasteiger partial charge in [-0.05, 0) is 12.1 Å². The highest BCUT2D eigenvalue weighted by molar-refractivity contribution is 5.91. The molecule has 13 heavy (non-hydrogen) atoms. The number of hydrogen-bond donors (Lipinski definition) is 4. The Morgan fingerprint density at radius 2 is 2.15 bits per heavy atom. The molecule has 0 bridgehead atoms. The molecule has 1 rings (SSSR count). The SMILES string of the molecule is O=C(O)c1ccc(NCO)cc1O. The molecule has 0 aliphatic heterocycles. The number of aliphatic hydroxyl groups excluding tert-OH is 1. The van der Waals surface area contributed by atoms with E-state index in [1.165, 1.54) is 18.2 Å². The van der Waals surface area contributed by atoms with Crippen molar-refractivity contribution in [3.05, 3.63) is 23.8 Å². The molecule has 5 nitrogen and oxygen atoms in total. The van der Waals surface area contributed by atoms with Gasteiger partial charge < -0.3 is 20.6 Å². The van der Waals surface area contributed by atoms with Gasteiger partial charge in [0, 0.05) is 11.8 Å². The summed E-state index contributed by atoms with van der Waals surface area (Å²) in [6.45, 7) is -0.272. The van der Waals surface area contributed by atoms with Gasteiger partial charge >= 0.3 is 5.97 Å². The number of aromatic carboxylic acids is 1. The van der Waals surface area contributed by atoms with Gasteiger partial charge in [0.15, 0.2) is 0 Å². The van der Waals surface area contributed by atoms with Crippen molar-refractivity contribution in [1.29, 1.82) is 0 Å². The number of carboxylic acid groups (broad SMARTS) is 1. The summed E-state index contributed by atoms with van der Waals surface area (Å²) in [6.07, 6.45) is 0. The summed E-state index contributed by atoms with van der Waals surface area (Å²) in [4.78, 5) is 10.5. The van der Waals surface area contributed by atoms with Crippen molar-refractivity contribution in [2.24, 2.45) is 0 Å². The van der Waals surface area contributed by atoms with Crippen LogP contribution in [0.3, 0.4) is 0 Å². The second kappa shape index (κ2) is 3.77. The normalized spacial score (nSPS) is 9.62. The quantitative estimate of drug-likeness (QED) is 0.511. The summed E-state index contributed by atoms with van der Waals surface area (Å²) in [5.41, 5.74) is 0.300. The van der Waals surface area contributed by atoms with Crippen LogP contribution in [0.2, 0.25) is 0 Å². The van der Waals surface area contributed by atoms with Crippen molar-refractivity contribution < 1.29 is 20.1 Å². The van der Waals surface area contributed by atoms with Crippen molar-refractivity contribution in [1.82, 2.24) is 0 Å². The summed E-state index contributed by atoms with van der Waals surface area (Å²) in [7, 11) is 0. The predicted octanol–water partition coefficient (Wildman–Crippen LogP) is 0.452. The van der Waals surface area contributed by atoms with E-state index in [9.17, 15) is 9.90 Å². The molecule has 0 radical (unpaired) electrons. The van der Waals surface area contributed by atoms with E-state index in [1.807, 2.05) is 0 Å². The van der Waals surface area contributed by atoms with Gasteiger partial charge in [-0.15, -0.1) is 0 Å². The average molecular weight is 183 g/mol. The van der Waals surface area contributed by atoms with Crippen LogP contribution in [0.1, 0.15) is 10.4 Å². The minimum atomic E-state index is -1.19. The number of aliphatic hydroxyl groups is 1. The van der Waals surface area contributed by atoms with Crippen LogP contribution in [-0.2, 0) is 0 Å². The number of rotatable bonds is 3. The Labute approximate surface area is 74.3 Å². The summed E-state index contributed by atoms with van der Waals surface area (Å²) in [5, 5.41) is 28.7. The van der Waals surface area contributed by atoms with Gasteiger partial charge in [0.1, 0.15) is 18.0 Å². The van der Waals surface area contributed by atoms with Crippen molar-refractivity contribution in [3.63, 3.8) is 0 Å². The lowest BCUT2D eigenvalue weighted by Crippen LogP contribution is -2.01. The molecule has 1 aromatic carbocycles. The third kappa shape index (κ3) is 2.09. The van der Waals surface area contributed by atoms with Crippen LogP contribution in [0, 0.1) is 0 Å². The molecule has 0 saturated carbocycles. The van der Waals surface area contributed by atoms with Crippen molar-refractivity contribution in [2.75, 3.05) is 12.0 Å². The smallest absolute Gasteiger partial charge is 0.339 e. The second-order valence-electron chi connectivity index (χ2n) is 2.37. The van der Waals surface area contributed by atoms with Crippen LogP contribution in [-0.4, -0.2) is 28.0 Å². The molecule has 0 aliphatic carbocycles. The molecule has 0 spiro atoms. The molecular formula is C8H9NO4. The van der Waals surface area contributed by atoms with Crippen LogP contribution in [0.15, 0.2) is 18.2 Å². The lowest BCUT2D eigenvalue weighted by molar-refractivity contribution is 0.0694. The fourth-order valence-electron chi connectivity index (χ4n) is 0.914. The predicted molar refractivity (Wildman–Crippen MR) is 45.8 cm³/mol. The van der Waals surface area contributed by atoms with E-state index in [2.05, 4.69) is 5.32 Å². The number of aromatic hydroxyl groups is 1. The zero-order valence-corrected chi connectivity index (χ0v) is 6.69. The second-order valence-corrected chi connectivity index (χ2v) is 2.37. The highest BCUT2D eigenvalue weighted by Crippen LogP contribution is 2.21. The van der Waals surface area contributed by atoms with Crippen LogP contribution in [0.4, 0.5) is 5.69 Å². The molecule has 0 fully saturated rings. The topological polar surface area (TPSA) is 89.8 Å². The van der Waals surface area contributed by atoms with E-state index in [0.717, 1.165) is 0 Å². The lowest BCUT2D eigenvalue weighted by atomic mass is 10.2. The van der Waals surface area contributed by atoms with Crippen molar-refractivity contribution >= 4 is 11.7 Å². The minimum Gasteiger partial charge on any atom is -0.507 e. The van der Waals surface area contributed by atoms with Crippen LogP contribution >= 0.6 is 0 Å². The maximum atomic E-state index is 10.5. The number of carbonyl (C=O) groups is 1. The summed E-state index contributed by atoms with van der Waals surface area (Å²) < 4.78 is 0.